The topological polar surface area (TPSA) is 231 Å². The van der Waals surface area contributed by atoms with Gasteiger partial charge in [0.15, 0.2) is 5.96 Å². The molecule has 13 nitrogen and oxygen atoms in total. The number of carboxylic acids is 1. The van der Waals surface area contributed by atoms with Gasteiger partial charge in [0, 0.05) is 35.8 Å². The first kappa shape index (κ1) is 32.8. The summed E-state index contributed by atoms with van der Waals surface area (Å²) in [7, 11) is 0. The lowest BCUT2D eigenvalue weighted by Crippen LogP contribution is -2.58. The number of thiol groups is 1. The number of H-pyrrole nitrogens is 1. The van der Waals surface area contributed by atoms with Crippen molar-refractivity contribution < 1.29 is 24.3 Å². The molecule has 11 N–H and O–H groups in total. The fraction of sp³-hybridized carbons (Fsp3) is 0.480. The third kappa shape index (κ3) is 10.3. The highest BCUT2D eigenvalue weighted by Gasteiger charge is 2.30. The molecule has 0 saturated heterocycles. The van der Waals surface area contributed by atoms with E-state index in [0.717, 1.165) is 16.5 Å². The molecule has 0 fully saturated rings. The summed E-state index contributed by atoms with van der Waals surface area (Å²) in [5.74, 6) is -2.65. The van der Waals surface area contributed by atoms with Gasteiger partial charge in [-0.1, -0.05) is 18.2 Å². The van der Waals surface area contributed by atoms with Crippen LogP contribution in [0.2, 0.25) is 0 Å². The molecular weight excluding hydrogens is 556 g/mol. The molecule has 0 saturated carbocycles. The number of fused-ring (bicyclic) bond motifs is 1. The number of rotatable bonds is 17. The monoisotopic (exact) mass is 594 g/mol. The number of hydrogen-bond acceptors (Lipinski definition) is 8. The average molecular weight is 595 g/mol. The number of aromatic nitrogens is 1. The fourth-order valence-corrected chi connectivity index (χ4v) is 4.62. The third-order valence-corrected chi connectivity index (χ3v) is 7.09. The van der Waals surface area contributed by atoms with Crippen LogP contribution in [-0.4, -0.2) is 88.2 Å². The first-order valence-electron chi connectivity index (χ1n) is 12.7. The number of nitrogens with one attached hydrogen (secondary N) is 4. The zero-order valence-corrected chi connectivity index (χ0v) is 24.0. The predicted molar refractivity (Wildman–Crippen MR) is 160 cm³/mol. The zero-order valence-electron chi connectivity index (χ0n) is 22.3. The second-order valence-corrected chi connectivity index (χ2v) is 10.5. The van der Waals surface area contributed by atoms with Crippen LogP contribution in [0.25, 0.3) is 10.9 Å². The summed E-state index contributed by atoms with van der Waals surface area (Å²) >= 11 is 5.66. The molecule has 0 spiro atoms. The quantitative estimate of drug-likeness (QED) is 0.0488. The lowest BCUT2D eigenvalue weighted by atomic mass is 10.0. The van der Waals surface area contributed by atoms with Crippen LogP contribution >= 0.6 is 24.4 Å². The number of aromatic amines is 1. The van der Waals surface area contributed by atoms with Crippen LogP contribution in [-0.2, 0) is 25.6 Å². The maximum Gasteiger partial charge on any atom is 0.326 e. The van der Waals surface area contributed by atoms with Gasteiger partial charge in [-0.3, -0.25) is 19.4 Å². The number of nitrogens with zero attached hydrogens (tertiary/aromatic N) is 1. The lowest BCUT2D eigenvalue weighted by Gasteiger charge is -2.24. The number of carbonyl (C=O) groups is 4. The lowest BCUT2D eigenvalue weighted by molar-refractivity contribution is -0.142. The largest absolute Gasteiger partial charge is 0.480 e. The maximum absolute atomic E-state index is 13.1. The highest BCUT2D eigenvalue weighted by atomic mass is 32.2. The maximum atomic E-state index is 13.1. The standard InChI is InChI=1S/C25H38N8O5S2/c1-40-10-8-18(31-21(34)16(26)6-4-9-29-25(27)28)22(35)33-20(13-39)23(36)32-19(24(37)38)11-14-12-30-17-7-3-2-5-15(14)17/h2-3,5,7,12,16,18-20,30,39H,4,6,8-11,13,26H2,1H3,(H,31,34)(H,32,36)(H,33,35)(H,37,38)(H4,27,28,29). The molecule has 0 aliphatic carbocycles. The second kappa shape index (κ2) is 16.6. The fourth-order valence-electron chi connectivity index (χ4n) is 3.89. The molecule has 4 unspecified atom stereocenters. The van der Waals surface area contributed by atoms with Crippen LogP contribution < -0.4 is 33.2 Å². The number of carbonyl (C=O) groups excluding carboxylic acids is 3. The SMILES string of the molecule is CSCCC(NC(=O)C(N)CCCN=C(N)N)C(=O)NC(CS)C(=O)NC(Cc1c[nH]c2ccccc12)C(=O)O. The number of guanidine groups is 1. The van der Waals surface area contributed by atoms with Crippen LogP contribution in [0.3, 0.4) is 0 Å². The van der Waals surface area contributed by atoms with Crippen molar-refractivity contribution in [2.24, 2.45) is 22.2 Å². The molecule has 1 heterocycles. The number of thioether (sulfide) groups is 1. The van der Waals surface area contributed by atoms with Gasteiger partial charge in [-0.25, -0.2) is 4.79 Å². The van der Waals surface area contributed by atoms with Crippen molar-refractivity contribution in [3.63, 3.8) is 0 Å². The minimum absolute atomic E-state index is 0.0335. The van der Waals surface area contributed by atoms with Crippen LogP contribution in [0.15, 0.2) is 35.5 Å². The number of aliphatic carboxylic acids is 1. The van der Waals surface area contributed by atoms with E-state index in [2.05, 4.69) is 38.6 Å². The molecule has 0 radical (unpaired) electrons. The Morgan fingerprint density at radius 3 is 2.33 bits per heavy atom. The van der Waals surface area contributed by atoms with Gasteiger partial charge in [0.1, 0.15) is 18.1 Å². The molecule has 3 amide bonds. The van der Waals surface area contributed by atoms with Crippen molar-refractivity contribution in [1.82, 2.24) is 20.9 Å². The average Bonchev–Trinajstić information content (AvgIpc) is 3.33. The van der Waals surface area contributed by atoms with Gasteiger partial charge in [0.2, 0.25) is 17.7 Å². The van der Waals surface area contributed by atoms with Crippen LogP contribution in [0.1, 0.15) is 24.8 Å². The molecule has 1 aromatic heterocycles. The Morgan fingerprint density at radius 2 is 1.68 bits per heavy atom. The summed E-state index contributed by atoms with van der Waals surface area (Å²) in [6.07, 6.45) is 4.66. The number of benzene rings is 1. The normalized spacial score (nSPS) is 14.0. The van der Waals surface area contributed by atoms with E-state index in [4.69, 9.17) is 17.2 Å². The molecule has 15 heteroatoms. The number of nitrogens with two attached hydrogens (primary N) is 3. The molecule has 2 aromatic rings. The van der Waals surface area contributed by atoms with E-state index in [1.54, 1.807) is 6.20 Å². The predicted octanol–water partition coefficient (Wildman–Crippen LogP) is -0.687. The Morgan fingerprint density at radius 1 is 1.02 bits per heavy atom. The Labute approximate surface area is 242 Å². The van der Waals surface area contributed by atoms with Gasteiger partial charge in [0.25, 0.3) is 0 Å². The van der Waals surface area contributed by atoms with Crippen LogP contribution in [0.4, 0.5) is 0 Å². The summed E-state index contributed by atoms with van der Waals surface area (Å²) < 4.78 is 0. The van der Waals surface area contributed by atoms with Gasteiger partial charge >= 0.3 is 5.97 Å². The van der Waals surface area contributed by atoms with Gasteiger partial charge < -0.3 is 43.2 Å². The number of hydrogen-bond donors (Lipinski definition) is 9. The first-order chi connectivity index (χ1) is 19.1. The van der Waals surface area contributed by atoms with Crippen molar-refractivity contribution in [1.29, 1.82) is 0 Å². The van der Waals surface area contributed by atoms with Crippen molar-refractivity contribution in [2.45, 2.75) is 49.9 Å². The van der Waals surface area contributed by atoms with Crippen molar-refractivity contribution in [2.75, 3.05) is 24.3 Å². The van der Waals surface area contributed by atoms with Crippen LogP contribution in [0, 0.1) is 0 Å². The Bertz CT molecular complexity index is 1190. The number of amides is 3. The zero-order chi connectivity index (χ0) is 29.7. The molecule has 0 aliphatic heterocycles. The molecule has 40 heavy (non-hydrogen) atoms. The van der Waals surface area contributed by atoms with E-state index >= 15 is 0 Å². The molecule has 220 valence electrons. The molecule has 0 aliphatic rings. The van der Waals surface area contributed by atoms with E-state index in [0.29, 0.717) is 31.6 Å². The van der Waals surface area contributed by atoms with Gasteiger partial charge in [-0.05, 0) is 42.9 Å². The minimum atomic E-state index is -1.24. The summed E-state index contributed by atoms with van der Waals surface area (Å²) in [5, 5.41) is 18.3. The smallest absolute Gasteiger partial charge is 0.326 e. The van der Waals surface area contributed by atoms with Crippen molar-refractivity contribution in [3.05, 3.63) is 36.0 Å². The van der Waals surface area contributed by atoms with E-state index in [-0.39, 0.29) is 18.1 Å². The van der Waals surface area contributed by atoms with E-state index in [1.165, 1.54) is 11.8 Å². The summed E-state index contributed by atoms with van der Waals surface area (Å²) in [5.41, 5.74) is 18.1. The highest BCUT2D eigenvalue weighted by molar-refractivity contribution is 7.98. The summed E-state index contributed by atoms with van der Waals surface area (Å²) in [4.78, 5) is 57.6. The Balaban J connectivity index is 2.02. The van der Waals surface area contributed by atoms with Crippen molar-refractivity contribution in [3.8, 4) is 0 Å². The molecule has 4 atom stereocenters. The first-order valence-corrected chi connectivity index (χ1v) is 14.7. The van der Waals surface area contributed by atoms with Gasteiger partial charge in [-0.2, -0.15) is 24.4 Å². The summed E-state index contributed by atoms with van der Waals surface area (Å²) in [6, 6.07) is 3.20. The van der Waals surface area contributed by atoms with Crippen molar-refractivity contribution >= 4 is 64.9 Å². The minimum Gasteiger partial charge on any atom is -0.480 e. The number of carboxylic acid groups (broad SMARTS) is 1. The summed E-state index contributed by atoms with van der Waals surface area (Å²) in [6.45, 7) is 0.316. The molecular formula is C25H38N8O5S2. The van der Waals surface area contributed by atoms with Gasteiger partial charge in [0.05, 0.1) is 6.04 Å². The van der Waals surface area contributed by atoms with E-state index in [9.17, 15) is 24.3 Å². The molecule has 1 aromatic carbocycles. The molecule has 2 rings (SSSR count). The number of aliphatic imine (C=N–C) groups is 1. The number of para-hydroxylation sites is 1. The Hall–Kier alpha value is -3.43. The van der Waals surface area contributed by atoms with E-state index < -0.39 is 47.9 Å². The molecule has 0 bridgehead atoms. The van der Waals surface area contributed by atoms with Gasteiger partial charge in [-0.15, -0.1) is 0 Å². The van der Waals surface area contributed by atoms with E-state index in [1.807, 2.05) is 30.5 Å². The second-order valence-electron chi connectivity index (χ2n) is 9.10. The third-order valence-electron chi connectivity index (χ3n) is 6.08. The highest BCUT2D eigenvalue weighted by Crippen LogP contribution is 2.19. The Kier molecular flexibility index (Phi) is 13.6. The van der Waals surface area contributed by atoms with Crippen LogP contribution in [0.5, 0.6) is 0 Å².